The molecule has 1 heterocycles. The number of rotatable bonds is 2. The Bertz CT molecular complexity index is 217. The number of amides is 2. The summed E-state index contributed by atoms with van der Waals surface area (Å²) in [5, 5.41) is 11.1. The summed E-state index contributed by atoms with van der Waals surface area (Å²) in [7, 11) is 1.58. The average molecular weight is 186 g/mol. The number of hydrogen-bond acceptors (Lipinski definition) is 2. The highest BCUT2D eigenvalue weighted by molar-refractivity contribution is 5.74. The van der Waals surface area contributed by atoms with Crippen molar-refractivity contribution in [2.45, 2.75) is 12.8 Å². The van der Waals surface area contributed by atoms with Crippen molar-refractivity contribution < 1.29 is 14.7 Å². The molecule has 1 saturated heterocycles. The number of carboxylic acids is 1. The van der Waals surface area contributed by atoms with E-state index in [4.69, 9.17) is 5.11 Å². The minimum absolute atomic E-state index is 0.118. The molecule has 0 aromatic heterocycles. The van der Waals surface area contributed by atoms with E-state index in [-0.39, 0.29) is 18.4 Å². The molecule has 74 valence electrons. The molecule has 0 saturated carbocycles. The van der Waals surface area contributed by atoms with Crippen LogP contribution in [-0.4, -0.2) is 42.1 Å². The third-order valence-electron chi connectivity index (χ3n) is 2.25. The molecule has 0 spiro atoms. The van der Waals surface area contributed by atoms with Gasteiger partial charge in [0, 0.05) is 26.6 Å². The van der Waals surface area contributed by atoms with Gasteiger partial charge in [0.05, 0.1) is 0 Å². The number of nitrogens with zero attached hydrogens (tertiary/aromatic N) is 1. The van der Waals surface area contributed by atoms with Gasteiger partial charge in [-0.2, -0.15) is 0 Å². The molecule has 1 fully saturated rings. The number of likely N-dealkylation sites (tertiary alicyclic amines) is 1. The van der Waals surface area contributed by atoms with Gasteiger partial charge >= 0.3 is 12.0 Å². The smallest absolute Gasteiger partial charge is 0.317 e. The second-order valence-electron chi connectivity index (χ2n) is 3.25. The fourth-order valence-corrected chi connectivity index (χ4v) is 1.59. The highest BCUT2D eigenvalue weighted by Crippen LogP contribution is 2.19. The van der Waals surface area contributed by atoms with Gasteiger partial charge in [0.15, 0.2) is 0 Å². The van der Waals surface area contributed by atoms with Gasteiger partial charge in [-0.1, -0.05) is 0 Å². The number of carbonyl (C=O) groups is 2. The molecule has 0 bridgehead atoms. The van der Waals surface area contributed by atoms with Crippen LogP contribution in [0.3, 0.4) is 0 Å². The number of urea groups is 1. The fourth-order valence-electron chi connectivity index (χ4n) is 1.59. The highest BCUT2D eigenvalue weighted by atomic mass is 16.4. The van der Waals surface area contributed by atoms with Gasteiger partial charge < -0.3 is 15.3 Å². The van der Waals surface area contributed by atoms with Gasteiger partial charge in [0.2, 0.25) is 0 Å². The van der Waals surface area contributed by atoms with Crippen LogP contribution >= 0.6 is 0 Å². The number of nitrogens with one attached hydrogen (secondary N) is 1. The minimum Gasteiger partial charge on any atom is -0.481 e. The predicted octanol–water partition coefficient (Wildman–Crippen LogP) is 0.122. The van der Waals surface area contributed by atoms with Crippen LogP contribution in [0.2, 0.25) is 0 Å². The van der Waals surface area contributed by atoms with E-state index >= 15 is 0 Å². The van der Waals surface area contributed by atoms with E-state index in [2.05, 4.69) is 5.32 Å². The SMILES string of the molecule is CNC(=O)N1CCC(CC(=O)O)C1. The van der Waals surface area contributed by atoms with Crippen LogP contribution in [0.15, 0.2) is 0 Å². The first kappa shape index (κ1) is 9.83. The summed E-state index contributed by atoms with van der Waals surface area (Å²) in [6.07, 6.45) is 0.952. The van der Waals surface area contributed by atoms with Gasteiger partial charge in [-0.3, -0.25) is 4.79 Å². The van der Waals surface area contributed by atoms with Crippen molar-refractivity contribution in [3.8, 4) is 0 Å². The highest BCUT2D eigenvalue weighted by Gasteiger charge is 2.26. The zero-order valence-corrected chi connectivity index (χ0v) is 7.62. The standard InChI is InChI=1S/C8H14N2O3/c1-9-8(13)10-3-2-6(5-10)4-7(11)12/h6H,2-5H2,1H3,(H,9,13)(H,11,12). The summed E-state index contributed by atoms with van der Waals surface area (Å²) in [6.45, 7) is 1.23. The van der Waals surface area contributed by atoms with E-state index < -0.39 is 5.97 Å². The molecule has 0 radical (unpaired) electrons. The third-order valence-corrected chi connectivity index (χ3v) is 2.25. The Kier molecular flexibility index (Phi) is 3.11. The molecular weight excluding hydrogens is 172 g/mol. The molecule has 0 aliphatic carbocycles. The first-order valence-electron chi connectivity index (χ1n) is 4.32. The lowest BCUT2D eigenvalue weighted by Crippen LogP contribution is -2.36. The van der Waals surface area contributed by atoms with E-state index in [1.165, 1.54) is 0 Å². The maximum atomic E-state index is 11.1. The lowest BCUT2D eigenvalue weighted by Gasteiger charge is -2.14. The molecule has 0 aromatic rings. The summed E-state index contributed by atoms with van der Waals surface area (Å²) < 4.78 is 0. The Morgan fingerprint density at radius 1 is 1.62 bits per heavy atom. The molecule has 1 atom stereocenters. The van der Waals surface area contributed by atoms with E-state index in [0.717, 1.165) is 6.42 Å². The van der Waals surface area contributed by atoms with Crippen molar-refractivity contribution in [1.82, 2.24) is 10.2 Å². The molecule has 1 rings (SSSR count). The molecule has 2 N–H and O–H groups in total. The molecule has 2 amide bonds. The van der Waals surface area contributed by atoms with Crippen LogP contribution in [0.1, 0.15) is 12.8 Å². The summed E-state index contributed by atoms with van der Waals surface area (Å²) in [5.41, 5.74) is 0. The van der Waals surface area contributed by atoms with Gasteiger partial charge in [-0.05, 0) is 12.3 Å². The number of aliphatic carboxylic acids is 1. The first-order valence-corrected chi connectivity index (χ1v) is 4.32. The predicted molar refractivity (Wildman–Crippen MR) is 46.4 cm³/mol. The average Bonchev–Trinajstić information content (AvgIpc) is 2.50. The Morgan fingerprint density at radius 3 is 2.85 bits per heavy atom. The molecule has 1 unspecified atom stereocenters. The van der Waals surface area contributed by atoms with Crippen LogP contribution in [0, 0.1) is 5.92 Å². The Labute approximate surface area is 76.7 Å². The van der Waals surface area contributed by atoms with Crippen molar-refractivity contribution in [2.24, 2.45) is 5.92 Å². The second kappa shape index (κ2) is 4.11. The molecule has 1 aliphatic heterocycles. The van der Waals surface area contributed by atoms with Crippen molar-refractivity contribution in [3.63, 3.8) is 0 Å². The van der Waals surface area contributed by atoms with E-state index in [1.807, 2.05) is 0 Å². The van der Waals surface area contributed by atoms with E-state index in [9.17, 15) is 9.59 Å². The van der Waals surface area contributed by atoms with Crippen molar-refractivity contribution in [2.75, 3.05) is 20.1 Å². The summed E-state index contributed by atoms with van der Waals surface area (Å²) >= 11 is 0. The second-order valence-corrected chi connectivity index (χ2v) is 3.25. The number of hydrogen-bond donors (Lipinski definition) is 2. The van der Waals surface area contributed by atoms with Crippen molar-refractivity contribution in [1.29, 1.82) is 0 Å². The van der Waals surface area contributed by atoms with Crippen LogP contribution in [-0.2, 0) is 4.79 Å². The van der Waals surface area contributed by atoms with Crippen LogP contribution in [0.5, 0.6) is 0 Å². The zero-order valence-electron chi connectivity index (χ0n) is 7.62. The maximum absolute atomic E-state index is 11.1. The lowest BCUT2D eigenvalue weighted by molar-refractivity contribution is -0.138. The zero-order chi connectivity index (χ0) is 9.84. The topological polar surface area (TPSA) is 69.6 Å². The van der Waals surface area contributed by atoms with Crippen LogP contribution < -0.4 is 5.32 Å². The maximum Gasteiger partial charge on any atom is 0.317 e. The molecule has 0 aromatic carbocycles. The lowest BCUT2D eigenvalue weighted by atomic mass is 10.1. The van der Waals surface area contributed by atoms with Crippen LogP contribution in [0.25, 0.3) is 0 Å². The van der Waals surface area contributed by atoms with Gasteiger partial charge in [-0.25, -0.2) is 4.79 Å². The number of carboxylic acid groups (broad SMARTS) is 1. The Hall–Kier alpha value is -1.26. The first-order chi connectivity index (χ1) is 6.13. The van der Waals surface area contributed by atoms with Gasteiger partial charge in [0.1, 0.15) is 0 Å². The quantitative estimate of drug-likeness (QED) is 0.643. The Morgan fingerprint density at radius 2 is 2.31 bits per heavy atom. The molecule has 13 heavy (non-hydrogen) atoms. The van der Waals surface area contributed by atoms with E-state index in [0.29, 0.717) is 13.1 Å². The summed E-state index contributed by atoms with van der Waals surface area (Å²) in [5.74, 6) is -0.668. The fraction of sp³-hybridized carbons (Fsp3) is 0.750. The summed E-state index contributed by atoms with van der Waals surface area (Å²) in [4.78, 5) is 23.1. The molecule has 5 heteroatoms. The largest absolute Gasteiger partial charge is 0.481 e. The molecule has 5 nitrogen and oxygen atoms in total. The van der Waals surface area contributed by atoms with Crippen molar-refractivity contribution >= 4 is 12.0 Å². The monoisotopic (exact) mass is 186 g/mol. The van der Waals surface area contributed by atoms with E-state index in [1.54, 1.807) is 11.9 Å². The molecule has 1 aliphatic rings. The van der Waals surface area contributed by atoms with Gasteiger partial charge in [-0.15, -0.1) is 0 Å². The van der Waals surface area contributed by atoms with Crippen LogP contribution in [0.4, 0.5) is 4.79 Å². The van der Waals surface area contributed by atoms with Gasteiger partial charge in [0.25, 0.3) is 0 Å². The van der Waals surface area contributed by atoms with Crippen molar-refractivity contribution in [3.05, 3.63) is 0 Å². The summed E-state index contributed by atoms with van der Waals surface area (Å²) in [6, 6.07) is -0.118. The third kappa shape index (κ3) is 2.61. The Balaban J connectivity index is 2.36. The minimum atomic E-state index is -0.788. The number of carbonyl (C=O) groups excluding carboxylic acids is 1. The molecular formula is C8H14N2O3. The normalized spacial score (nSPS) is 21.6.